The zero-order valence-corrected chi connectivity index (χ0v) is 22.9. The number of nitrogens with two attached hydrogens (primary N) is 1. The molecule has 0 saturated heterocycles. The van der Waals surface area contributed by atoms with Gasteiger partial charge in [-0.25, -0.2) is 9.18 Å². The fraction of sp³-hybridized carbons (Fsp3) is 0.233. The van der Waals surface area contributed by atoms with Gasteiger partial charge in [-0.3, -0.25) is 14.5 Å². The lowest BCUT2D eigenvalue weighted by Gasteiger charge is -2.43. The molecular weight excluding hydrogens is 535 g/mol. The Hall–Kier alpha value is -4.44. The number of ketones is 1. The van der Waals surface area contributed by atoms with Gasteiger partial charge in [0.15, 0.2) is 5.78 Å². The summed E-state index contributed by atoms with van der Waals surface area (Å²) in [6.45, 7) is 0. The third-order valence-corrected chi connectivity index (χ3v) is 8.27. The van der Waals surface area contributed by atoms with Crippen LogP contribution >= 0.6 is 11.3 Å². The van der Waals surface area contributed by atoms with Crippen LogP contribution in [0.3, 0.4) is 0 Å². The predicted molar refractivity (Wildman–Crippen MR) is 147 cm³/mol. The Balaban J connectivity index is 1.79. The molecule has 3 atom stereocenters. The van der Waals surface area contributed by atoms with Crippen LogP contribution in [0.1, 0.15) is 28.7 Å². The number of ether oxygens (including phenoxy) is 3. The molecule has 0 fully saturated rings. The summed E-state index contributed by atoms with van der Waals surface area (Å²) in [4.78, 5) is 43.1. The number of anilines is 1. The first-order valence-electron chi connectivity index (χ1n) is 12.5. The van der Waals surface area contributed by atoms with Crippen molar-refractivity contribution in [2.75, 3.05) is 26.2 Å². The molecule has 2 heterocycles. The van der Waals surface area contributed by atoms with E-state index in [9.17, 15) is 18.8 Å². The number of benzene rings is 2. The van der Waals surface area contributed by atoms with Crippen LogP contribution in [0.5, 0.6) is 5.75 Å². The number of thiophene rings is 1. The van der Waals surface area contributed by atoms with Gasteiger partial charge in [-0.05, 0) is 53.8 Å². The van der Waals surface area contributed by atoms with Gasteiger partial charge < -0.3 is 19.9 Å². The van der Waals surface area contributed by atoms with E-state index in [-0.39, 0.29) is 23.4 Å². The molecule has 1 aliphatic carbocycles. The molecule has 5 rings (SSSR count). The minimum Gasteiger partial charge on any atom is -0.497 e. The summed E-state index contributed by atoms with van der Waals surface area (Å²) in [6.07, 6.45) is 0.181. The lowest BCUT2D eigenvalue weighted by molar-refractivity contribution is -0.150. The number of hydrogen-bond acceptors (Lipinski definition) is 9. The van der Waals surface area contributed by atoms with Crippen LogP contribution in [0.2, 0.25) is 0 Å². The number of carbonyl (C=O) groups excluding carboxylic acids is 3. The highest BCUT2D eigenvalue weighted by Crippen LogP contribution is 2.52. The molecule has 0 bridgehead atoms. The molecular formula is C30H27FN2O6S. The van der Waals surface area contributed by atoms with Crippen LogP contribution in [0.4, 0.5) is 10.1 Å². The van der Waals surface area contributed by atoms with Crippen LogP contribution in [0.15, 0.2) is 88.7 Å². The van der Waals surface area contributed by atoms with E-state index in [1.54, 1.807) is 49.6 Å². The summed E-state index contributed by atoms with van der Waals surface area (Å²) in [5, 5.41) is 1.82. The Bertz CT molecular complexity index is 1530. The van der Waals surface area contributed by atoms with E-state index >= 15 is 0 Å². The molecule has 206 valence electrons. The van der Waals surface area contributed by atoms with Crippen LogP contribution in [-0.2, 0) is 23.9 Å². The quantitative estimate of drug-likeness (QED) is 0.342. The Morgan fingerprint density at radius 1 is 1.02 bits per heavy atom. The van der Waals surface area contributed by atoms with E-state index in [0.717, 1.165) is 0 Å². The number of Topliss-reactive ketones (excluding diaryl/α,β-unsaturated/α-hetero) is 1. The van der Waals surface area contributed by atoms with Crippen molar-refractivity contribution >= 4 is 34.7 Å². The minimum absolute atomic E-state index is 0.0207. The van der Waals surface area contributed by atoms with Gasteiger partial charge in [0.05, 0.1) is 38.5 Å². The fourth-order valence-corrected chi connectivity index (χ4v) is 6.39. The fourth-order valence-electron chi connectivity index (χ4n) is 5.55. The molecule has 0 amide bonds. The average molecular weight is 563 g/mol. The normalized spacial score (nSPS) is 20.8. The van der Waals surface area contributed by atoms with E-state index in [0.29, 0.717) is 27.6 Å². The van der Waals surface area contributed by atoms with Gasteiger partial charge in [0.2, 0.25) is 0 Å². The molecule has 2 aromatic carbocycles. The highest BCUT2D eigenvalue weighted by atomic mass is 32.1. The summed E-state index contributed by atoms with van der Waals surface area (Å²) in [7, 11) is 4.01. The number of methoxy groups -OCH3 is 3. The van der Waals surface area contributed by atoms with Gasteiger partial charge in [0.1, 0.15) is 23.3 Å². The van der Waals surface area contributed by atoms with E-state index in [1.165, 1.54) is 48.7 Å². The van der Waals surface area contributed by atoms with E-state index in [2.05, 4.69) is 0 Å². The SMILES string of the molecule is COC(=O)C1=C(N)N(c2cccc(F)c2)C2=C(C(=O)[C@H](C(=O)OC)[C@H](c3ccc(OC)cc3)C2)[C@@H]1c1cccs1. The third-order valence-electron chi connectivity index (χ3n) is 7.34. The molecule has 0 spiro atoms. The molecule has 2 N–H and O–H groups in total. The molecule has 1 aromatic heterocycles. The maximum absolute atomic E-state index is 14.5. The zero-order chi connectivity index (χ0) is 28.6. The molecule has 40 heavy (non-hydrogen) atoms. The van der Waals surface area contributed by atoms with Crippen molar-refractivity contribution in [1.29, 1.82) is 0 Å². The van der Waals surface area contributed by atoms with Crippen molar-refractivity contribution in [1.82, 2.24) is 0 Å². The predicted octanol–water partition coefficient (Wildman–Crippen LogP) is 4.64. The van der Waals surface area contributed by atoms with Gasteiger partial charge >= 0.3 is 11.9 Å². The Morgan fingerprint density at radius 2 is 1.77 bits per heavy atom. The Morgan fingerprint density at radius 3 is 2.38 bits per heavy atom. The number of hydrogen-bond donors (Lipinski definition) is 1. The third kappa shape index (κ3) is 4.54. The number of allylic oxidation sites excluding steroid dienone is 2. The molecule has 0 unspecified atom stereocenters. The lowest BCUT2D eigenvalue weighted by atomic mass is 9.68. The van der Waals surface area contributed by atoms with Crippen LogP contribution < -0.4 is 15.4 Å². The summed E-state index contributed by atoms with van der Waals surface area (Å²) in [5.74, 6) is -4.51. The number of carbonyl (C=O) groups is 3. The Labute approximate surface area is 234 Å². The van der Waals surface area contributed by atoms with Gasteiger partial charge in [0.25, 0.3) is 0 Å². The maximum Gasteiger partial charge on any atom is 0.338 e. The molecule has 0 saturated carbocycles. The second kappa shape index (κ2) is 11.0. The second-order valence-corrected chi connectivity index (χ2v) is 10.3. The van der Waals surface area contributed by atoms with Crippen molar-refractivity contribution < 1.29 is 33.0 Å². The molecule has 0 radical (unpaired) electrons. The number of nitrogens with zero attached hydrogens (tertiary/aromatic N) is 1. The van der Waals surface area contributed by atoms with Gasteiger partial charge in [-0.15, -0.1) is 11.3 Å². The van der Waals surface area contributed by atoms with Crippen molar-refractivity contribution in [3.63, 3.8) is 0 Å². The maximum atomic E-state index is 14.5. The molecule has 10 heteroatoms. The summed E-state index contributed by atoms with van der Waals surface area (Å²) < 4.78 is 30.0. The van der Waals surface area contributed by atoms with E-state index in [4.69, 9.17) is 19.9 Å². The highest BCUT2D eigenvalue weighted by Gasteiger charge is 2.51. The van der Waals surface area contributed by atoms with Crippen molar-refractivity contribution in [3.05, 3.63) is 105 Å². The number of halogens is 1. The van der Waals surface area contributed by atoms with Crippen LogP contribution in [-0.4, -0.2) is 39.1 Å². The zero-order valence-electron chi connectivity index (χ0n) is 22.1. The highest BCUT2D eigenvalue weighted by molar-refractivity contribution is 7.10. The minimum atomic E-state index is -1.19. The van der Waals surface area contributed by atoms with E-state index < -0.39 is 41.3 Å². The second-order valence-electron chi connectivity index (χ2n) is 9.36. The van der Waals surface area contributed by atoms with Crippen molar-refractivity contribution in [2.45, 2.75) is 18.3 Å². The van der Waals surface area contributed by atoms with Crippen molar-refractivity contribution in [2.24, 2.45) is 11.7 Å². The lowest BCUT2D eigenvalue weighted by Crippen LogP contribution is -2.46. The van der Waals surface area contributed by atoms with E-state index in [1.807, 2.05) is 5.38 Å². The molecule has 8 nitrogen and oxygen atoms in total. The summed E-state index contributed by atoms with van der Waals surface area (Å²) >= 11 is 1.34. The van der Waals surface area contributed by atoms with Gasteiger partial charge in [0, 0.05) is 22.1 Å². The smallest absolute Gasteiger partial charge is 0.338 e. The summed E-state index contributed by atoms with van der Waals surface area (Å²) in [6, 6.07) is 16.4. The number of esters is 2. The van der Waals surface area contributed by atoms with Gasteiger partial charge in [-0.2, -0.15) is 0 Å². The Kier molecular flexibility index (Phi) is 7.44. The molecule has 3 aromatic rings. The van der Waals surface area contributed by atoms with Crippen LogP contribution in [0, 0.1) is 11.7 Å². The first-order chi connectivity index (χ1) is 19.3. The van der Waals surface area contributed by atoms with Crippen LogP contribution in [0.25, 0.3) is 0 Å². The topological polar surface area (TPSA) is 108 Å². The summed E-state index contributed by atoms with van der Waals surface area (Å²) in [5.41, 5.74) is 8.48. The van der Waals surface area contributed by atoms with Gasteiger partial charge in [-0.1, -0.05) is 24.3 Å². The van der Waals surface area contributed by atoms with Crippen molar-refractivity contribution in [3.8, 4) is 5.75 Å². The monoisotopic (exact) mass is 562 g/mol. The first kappa shape index (κ1) is 27.1. The average Bonchev–Trinajstić information content (AvgIpc) is 3.50. The molecule has 2 aliphatic rings. The standard InChI is InChI=1S/C30H27FN2O6S/c1-37-19-11-9-16(10-12-19)20-15-21-24(27(34)23(20)29(35)38-2)25(22-8-5-13-40-22)26(30(36)39-3)28(32)33(21)18-7-4-6-17(31)14-18/h4-14,20,23,25H,15,32H2,1-3H3/t20-,23+,25-/m0/s1. The molecule has 1 aliphatic heterocycles. The largest absolute Gasteiger partial charge is 0.497 e. The number of rotatable bonds is 6. The first-order valence-corrected chi connectivity index (χ1v) is 13.3.